The first-order chi connectivity index (χ1) is 20.3. The highest BCUT2D eigenvalue weighted by atomic mass is 32.2. The molecule has 0 saturated carbocycles. The molecule has 42 heavy (non-hydrogen) atoms. The minimum absolute atomic E-state index is 0.140. The number of aromatic hydroxyl groups is 1. The van der Waals surface area contributed by atoms with Gasteiger partial charge in [-0.3, -0.25) is 0 Å². The van der Waals surface area contributed by atoms with E-state index in [1.54, 1.807) is 18.2 Å². The summed E-state index contributed by atoms with van der Waals surface area (Å²) >= 11 is 0. The van der Waals surface area contributed by atoms with Gasteiger partial charge >= 0.3 is 5.97 Å². The van der Waals surface area contributed by atoms with Crippen LogP contribution in [0.2, 0.25) is 0 Å². The number of hydrogen-bond donors (Lipinski definition) is 2. The summed E-state index contributed by atoms with van der Waals surface area (Å²) < 4.78 is 34.6. The number of carboxylic acids is 1. The number of carbonyl (C=O) groups is 1. The van der Waals surface area contributed by atoms with E-state index in [1.807, 2.05) is 6.92 Å². The fourth-order valence-corrected chi connectivity index (χ4v) is 6.34. The highest BCUT2D eigenvalue weighted by molar-refractivity contribution is 8.00. The molecule has 0 saturated heterocycles. The zero-order chi connectivity index (χ0) is 30.6. The highest BCUT2D eigenvalue weighted by Crippen LogP contribution is 2.37. The summed E-state index contributed by atoms with van der Waals surface area (Å²) in [4.78, 5) is 11.4. The molecule has 0 fully saturated rings. The summed E-state index contributed by atoms with van der Waals surface area (Å²) in [6, 6.07) is 4.17. The smallest absolute Gasteiger partial charge is 0.339 e. The van der Waals surface area contributed by atoms with Crippen LogP contribution in [0.3, 0.4) is 0 Å². The SMILES string of the molecule is CCCCCCCCCCCCCCCCCCOC1=C2C=CC(=C1)S2(=O)=O.CCCOc1ccc(O)c(C(=O)O)c1. The van der Waals surface area contributed by atoms with Crippen LogP contribution in [0.5, 0.6) is 11.5 Å². The lowest BCUT2D eigenvalue weighted by atomic mass is 10.0. The maximum absolute atomic E-state index is 11.9. The van der Waals surface area contributed by atoms with Crippen molar-refractivity contribution in [2.75, 3.05) is 13.2 Å². The van der Waals surface area contributed by atoms with Gasteiger partial charge in [0.15, 0.2) is 0 Å². The number of aromatic carboxylic acids is 1. The van der Waals surface area contributed by atoms with E-state index < -0.39 is 15.8 Å². The van der Waals surface area contributed by atoms with E-state index in [1.165, 1.54) is 115 Å². The number of unbranched alkanes of at least 4 members (excludes halogenated alkanes) is 15. The van der Waals surface area contributed by atoms with Crippen molar-refractivity contribution >= 4 is 15.8 Å². The molecule has 2 heterocycles. The zero-order valence-corrected chi connectivity index (χ0v) is 26.6. The number of fused-ring (bicyclic) bond motifs is 2. The number of rotatable bonds is 22. The Bertz CT molecular complexity index is 1150. The van der Waals surface area contributed by atoms with Crippen molar-refractivity contribution in [2.24, 2.45) is 0 Å². The van der Waals surface area contributed by atoms with Gasteiger partial charge in [-0.15, -0.1) is 0 Å². The van der Waals surface area contributed by atoms with E-state index in [-0.39, 0.29) is 11.3 Å². The Balaban J connectivity index is 0.000000369. The molecule has 2 N–H and O–H groups in total. The molecule has 1 aromatic rings. The summed E-state index contributed by atoms with van der Waals surface area (Å²) in [5.41, 5.74) is -0.140. The third-order valence-electron chi connectivity index (χ3n) is 7.44. The Labute approximate surface area is 253 Å². The lowest BCUT2D eigenvalue weighted by molar-refractivity contribution is 0.0693. The van der Waals surface area contributed by atoms with Crippen molar-refractivity contribution in [1.82, 2.24) is 0 Å². The number of hydrogen-bond acceptors (Lipinski definition) is 6. The molecule has 0 atom stereocenters. The first-order valence-corrected chi connectivity index (χ1v) is 17.5. The van der Waals surface area contributed by atoms with E-state index in [0.717, 1.165) is 12.8 Å². The monoisotopic (exact) mass is 604 g/mol. The molecule has 2 aliphatic heterocycles. The van der Waals surface area contributed by atoms with Gasteiger partial charge in [0.05, 0.1) is 18.1 Å². The lowest BCUT2D eigenvalue weighted by Gasteiger charge is -2.07. The van der Waals surface area contributed by atoms with Crippen LogP contribution in [0.4, 0.5) is 0 Å². The highest BCUT2D eigenvalue weighted by Gasteiger charge is 2.35. The molecule has 0 amide bonds. The predicted octanol–water partition coefficient (Wildman–Crippen LogP) is 9.24. The first-order valence-electron chi connectivity index (χ1n) is 16.0. The van der Waals surface area contributed by atoms with Crippen molar-refractivity contribution in [3.63, 3.8) is 0 Å². The van der Waals surface area contributed by atoms with Gasteiger partial charge in [-0.1, -0.05) is 110 Å². The maximum atomic E-state index is 11.9. The molecule has 1 aromatic carbocycles. The van der Waals surface area contributed by atoms with Crippen LogP contribution >= 0.6 is 0 Å². The molecule has 0 aromatic heterocycles. The molecular weight excluding hydrogens is 552 g/mol. The van der Waals surface area contributed by atoms with Crippen LogP contribution in [-0.2, 0) is 14.6 Å². The summed E-state index contributed by atoms with van der Waals surface area (Å²) in [6.45, 7) is 5.38. The fourth-order valence-electron chi connectivity index (χ4n) is 4.95. The molecule has 2 bridgehead atoms. The van der Waals surface area contributed by atoms with Crippen LogP contribution in [0.15, 0.2) is 52.0 Å². The van der Waals surface area contributed by atoms with E-state index in [2.05, 4.69) is 6.92 Å². The van der Waals surface area contributed by atoms with E-state index in [0.29, 0.717) is 34.5 Å². The topological polar surface area (TPSA) is 110 Å². The minimum atomic E-state index is -3.21. The Hall–Kier alpha value is -2.74. The van der Waals surface area contributed by atoms with Crippen molar-refractivity contribution in [1.29, 1.82) is 0 Å². The summed E-state index contributed by atoms with van der Waals surface area (Å²) in [7, 11) is -3.21. The van der Waals surface area contributed by atoms with Gasteiger partial charge in [-0.25, -0.2) is 13.2 Å². The van der Waals surface area contributed by atoms with E-state index in [9.17, 15) is 18.3 Å². The molecule has 8 heteroatoms. The molecule has 0 radical (unpaired) electrons. The molecule has 0 aliphatic carbocycles. The van der Waals surface area contributed by atoms with Gasteiger partial charge < -0.3 is 19.7 Å². The van der Waals surface area contributed by atoms with Crippen molar-refractivity contribution in [3.05, 3.63) is 57.6 Å². The summed E-state index contributed by atoms with van der Waals surface area (Å²) in [5.74, 6) is -0.411. The normalized spacial score (nSPS) is 14.5. The average Bonchev–Trinajstić information content (AvgIpc) is 3.40. The second-order valence-corrected chi connectivity index (χ2v) is 13.0. The Morgan fingerprint density at radius 3 is 1.71 bits per heavy atom. The average molecular weight is 605 g/mol. The maximum Gasteiger partial charge on any atom is 0.339 e. The number of allylic oxidation sites excluding steroid dienone is 3. The standard InChI is InChI=1S/C24H40O3S.C10H12O4/c1-2-3-4-5-6-7-8-9-10-11-12-13-14-15-16-17-20-27-23-21-22-18-19-24(23)28(22,25)26;1-2-5-14-7-3-4-9(11)8(6-7)10(12)13/h18-19,21H,2-17,20H2,1H3;3-4,6,11H,2,5H2,1H3,(H,12,13). The van der Waals surface area contributed by atoms with E-state index >= 15 is 0 Å². The van der Waals surface area contributed by atoms with Crippen LogP contribution in [0.1, 0.15) is 133 Å². The second-order valence-electron chi connectivity index (χ2n) is 11.1. The van der Waals surface area contributed by atoms with E-state index in [4.69, 9.17) is 14.6 Å². The Morgan fingerprint density at radius 2 is 1.26 bits per heavy atom. The minimum Gasteiger partial charge on any atom is -0.507 e. The van der Waals surface area contributed by atoms with Gasteiger partial charge in [0.2, 0.25) is 9.84 Å². The number of ether oxygens (including phenoxy) is 2. The van der Waals surface area contributed by atoms with Gasteiger partial charge in [-0.05, 0) is 43.2 Å². The van der Waals surface area contributed by atoms with Crippen LogP contribution in [-0.4, -0.2) is 37.8 Å². The number of sulfone groups is 1. The van der Waals surface area contributed by atoms with Crippen molar-refractivity contribution < 1.29 is 32.9 Å². The number of phenols is 1. The van der Waals surface area contributed by atoms with Crippen LogP contribution < -0.4 is 4.74 Å². The molecule has 0 unspecified atom stereocenters. The predicted molar refractivity (Wildman–Crippen MR) is 170 cm³/mol. The third-order valence-corrected chi connectivity index (χ3v) is 9.23. The summed E-state index contributed by atoms with van der Waals surface area (Å²) in [5, 5.41) is 17.9. The quantitative estimate of drug-likeness (QED) is 0.127. The van der Waals surface area contributed by atoms with Crippen LogP contribution in [0, 0.1) is 0 Å². The fraction of sp³-hybridized carbons (Fsp3) is 0.618. The largest absolute Gasteiger partial charge is 0.507 e. The van der Waals surface area contributed by atoms with Crippen LogP contribution in [0.25, 0.3) is 0 Å². The molecule has 0 spiro atoms. The van der Waals surface area contributed by atoms with Crippen molar-refractivity contribution in [3.8, 4) is 11.5 Å². The van der Waals surface area contributed by atoms with Gasteiger partial charge in [0, 0.05) is 6.08 Å². The molecule has 7 nitrogen and oxygen atoms in total. The second kappa shape index (κ2) is 20.2. The lowest BCUT2D eigenvalue weighted by Crippen LogP contribution is -1.99. The zero-order valence-electron chi connectivity index (χ0n) is 25.7. The first kappa shape index (κ1) is 35.5. The number of benzene rings is 1. The molecular formula is C34H52O7S. The van der Waals surface area contributed by atoms with Gasteiger partial charge in [-0.2, -0.15) is 0 Å². The summed E-state index contributed by atoms with van der Waals surface area (Å²) in [6.07, 6.45) is 27.4. The molecule has 2 aliphatic rings. The van der Waals surface area contributed by atoms with Crippen molar-refractivity contribution in [2.45, 2.75) is 123 Å². The molecule has 236 valence electrons. The van der Waals surface area contributed by atoms with Gasteiger partial charge in [0.25, 0.3) is 0 Å². The Kier molecular flexibility index (Phi) is 17.1. The third kappa shape index (κ3) is 12.6. The Morgan fingerprint density at radius 1 is 0.714 bits per heavy atom. The molecule has 3 rings (SSSR count). The number of carboxylic acid groups (broad SMARTS) is 1. The van der Waals surface area contributed by atoms with Gasteiger partial charge in [0.1, 0.15) is 27.7 Å².